The number of fused-ring (bicyclic) bond motifs is 1. The average Bonchev–Trinajstić information content (AvgIpc) is 3.21. The molecular weight excluding hydrogens is 368 g/mol. The Labute approximate surface area is 169 Å². The highest BCUT2D eigenvalue weighted by Crippen LogP contribution is 2.25. The molecule has 1 amide bonds. The highest BCUT2D eigenvalue weighted by Gasteiger charge is 2.25. The van der Waals surface area contributed by atoms with E-state index in [1.807, 2.05) is 36.4 Å². The minimum absolute atomic E-state index is 0.0892. The largest absolute Gasteiger partial charge is 0.497 e. The Kier molecular flexibility index (Phi) is 5.59. The van der Waals surface area contributed by atoms with Crippen molar-refractivity contribution in [3.05, 3.63) is 36.4 Å². The topological polar surface area (TPSA) is 84.7 Å². The van der Waals surface area contributed by atoms with Crippen molar-refractivity contribution in [1.82, 2.24) is 25.1 Å². The summed E-state index contributed by atoms with van der Waals surface area (Å²) in [6.07, 6.45) is 2.63. The van der Waals surface area contributed by atoms with Crippen molar-refractivity contribution < 1.29 is 9.53 Å². The fourth-order valence-corrected chi connectivity index (χ4v) is 3.63. The van der Waals surface area contributed by atoms with E-state index in [0.29, 0.717) is 11.5 Å². The summed E-state index contributed by atoms with van der Waals surface area (Å²) < 4.78 is 7.00. The summed E-state index contributed by atoms with van der Waals surface area (Å²) >= 11 is 0. The summed E-state index contributed by atoms with van der Waals surface area (Å²) in [5.74, 6) is 2.63. The first-order valence-corrected chi connectivity index (χ1v) is 10.1. The minimum Gasteiger partial charge on any atom is -0.497 e. The Balaban J connectivity index is 1.51. The molecule has 1 aliphatic rings. The zero-order valence-electron chi connectivity index (χ0n) is 16.8. The summed E-state index contributed by atoms with van der Waals surface area (Å²) in [6.45, 7) is 4.43. The van der Waals surface area contributed by atoms with E-state index in [1.165, 1.54) is 0 Å². The monoisotopic (exact) mass is 394 g/mol. The van der Waals surface area contributed by atoms with Gasteiger partial charge in [0.05, 0.1) is 7.11 Å². The van der Waals surface area contributed by atoms with Crippen LogP contribution in [-0.2, 0) is 4.79 Å². The Bertz CT molecular complexity index is 977. The maximum Gasteiger partial charge on any atom is 0.223 e. The molecule has 1 aromatic carbocycles. The number of amides is 1. The van der Waals surface area contributed by atoms with E-state index in [1.54, 1.807) is 11.6 Å². The van der Waals surface area contributed by atoms with E-state index in [4.69, 9.17) is 9.84 Å². The normalized spacial score (nSPS) is 14.9. The Morgan fingerprint density at radius 3 is 2.59 bits per heavy atom. The summed E-state index contributed by atoms with van der Waals surface area (Å²) in [5.41, 5.74) is 1.63. The van der Waals surface area contributed by atoms with Crippen molar-refractivity contribution in [2.75, 3.05) is 31.6 Å². The molecule has 0 bridgehead atoms. The van der Waals surface area contributed by atoms with Gasteiger partial charge in [-0.15, -0.1) is 15.3 Å². The van der Waals surface area contributed by atoms with E-state index >= 15 is 0 Å². The molecule has 0 saturated carbocycles. The van der Waals surface area contributed by atoms with Gasteiger partial charge in [-0.05, 0) is 55.7 Å². The van der Waals surface area contributed by atoms with Crippen LogP contribution in [0, 0.1) is 5.92 Å². The SMILES string of the molecule is CCCNC(=O)C1CCN(c2ccc3nnc(-c4ccc(OC)cc4)n3n2)CC1. The number of anilines is 1. The Hall–Kier alpha value is -3.16. The zero-order valence-corrected chi connectivity index (χ0v) is 16.8. The smallest absolute Gasteiger partial charge is 0.223 e. The first-order chi connectivity index (χ1) is 14.2. The van der Waals surface area contributed by atoms with Crippen LogP contribution in [-0.4, -0.2) is 52.5 Å². The van der Waals surface area contributed by atoms with Crippen molar-refractivity contribution in [2.45, 2.75) is 26.2 Å². The van der Waals surface area contributed by atoms with E-state index in [2.05, 4.69) is 27.3 Å². The molecular formula is C21H26N6O2. The number of carbonyl (C=O) groups excluding carboxylic acids is 1. The molecule has 0 atom stereocenters. The van der Waals surface area contributed by atoms with Crippen molar-refractivity contribution in [2.24, 2.45) is 5.92 Å². The van der Waals surface area contributed by atoms with E-state index in [-0.39, 0.29) is 11.8 Å². The van der Waals surface area contributed by atoms with Crippen molar-refractivity contribution in [3.63, 3.8) is 0 Å². The van der Waals surface area contributed by atoms with Gasteiger partial charge in [0.25, 0.3) is 0 Å². The number of nitrogens with zero attached hydrogens (tertiary/aromatic N) is 5. The van der Waals surface area contributed by atoms with Gasteiger partial charge in [0, 0.05) is 31.1 Å². The number of methoxy groups -OCH3 is 1. The van der Waals surface area contributed by atoms with Crippen molar-refractivity contribution in [3.8, 4) is 17.1 Å². The summed E-state index contributed by atoms with van der Waals surface area (Å²) in [5, 5.41) is 16.3. The predicted octanol–water partition coefficient (Wildman–Crippen LogP) is 2.54. The molecule has 1 aliphatic heterocycles. The molecule has 0 spiro atoms. The molecule has 1 fully saturated rings. The standard InChI is InChI=1S/C21H26N6O2/c1-3-12-22-21(28)16-10-13-26(14-11-16)19-9-8-18-23-24-20(27(18)25-19)15-4-6-17(29-2)7-5-15/h4-9,16H,3,10-14H2,1-2H3,(H,22,28). The first kappa shape index (κ1) is 19.2. The lowest BCUT2D eigenvalue weighted by atomic mass is 9.96. The minimum atomic E-state index is 0.0892. The predicted molar refractivity (Wildman–Crippen MR) is 111 cm³/mol. The summed E-state index contributed by atoms with van der Waals surface area (Å²) in [7, 11) is 1.64. The van der Waals surface area contributed by atoms with Gasteiger partial charge in [0.1, 0.15) is 11.6 Å². The second kappa shape index (κ2) is 8.46. The second-order valence-corrected chi connectivity index (χ2v) is 7.27. The van der Waals surface area contributed by atoms with Gasteiger partial charge in [-0.2, -0.15) is 4.52 Å². The quantitative estimate of drug-likeness (QED) is 0.692. The number of hydrogen-bond donors (Lipinski definition) is 1. The van der Waals surface area contributed by atoms with E-state index < -0.39 is 0 Å². The number of benzene rings is 1. The molecule has 0 radical (unpaired) electrons. The average molecular weight is 394 g/mol. The zero-order chi connectivity index (χ0) is 20.2. The van der Waals surface area contributed by atoms with Gasteiger partial charge < -0.3 is 15.0 Å². The third kappa shape index (κ3) is 4.01. The summed E-state index contributed by atoms with van der Waals surface area (Å²) in [4.78, 5) is 14.4. The fourth-order valence-electron chi connectivity index (χ4n) is 3.63. The van der Waals surface area contributed by atoms with Gasteiger partial charge in [-0.3, -0.25) is 4.79 Å². The number of rotatable bonds is 6. The number of aromatic nitrogens is 4. The van der Waals surface area contributed by atoms with Crippen molar-refractivity contribution >= 4 is 17.4 Å². The highest BCUT2D eigenvalue weighted by molar-refractivity contribution is 5.78. The van der Waals surface area contributed by atoms with Gasteiger partial charge in [0.2, 0.25) is 5.91 Å². The lowest BCUT2D eigenvalue weighted by molar-refractivity contribution is -0.125. The molecule has 29 heavy (non-hydrogen) atoms. The molecule has 2 aromatic heterocycles. The number of hydrogen-bond acceptors (Lipinski definition) is 6. The fraction of sp³-hybridized carbons (Fsp3) is 0.429. The lowest BCUT2D eigenvalue weighted by Gasteiger charge is -2.32. The molecule has 8 nitrogen and oxygen atoms in total. The van der Waals surface area contributed by atoms with Gasteiger partial charge in [-0.1, -0.05) is 6.92 Å². The molecule has 1 saturated heterocycles. The van der Waals surface area contributed by atoms with E-state index in [0.717, 1.165) is 56.0 Å². The van der Waals surface area contributed by atoms with Crippen LogP contribution in [0.2, 0.25) is 0 Å². The van der Waals surface area contributed by atoms with Crippen LogP contribution in [0.4, 0.5) is 5.82 Å². The van der Waals surface area contributed by atoms with Crippen LogP contribution < -0.4 is 15.0 Å². The maximum absolute atomic E-state index is 12.2. The van der Waals surface area contributed by atoms with E-state index in [9.17, 15) is 4.79 Å². The van der Waals surface area contributed by atoms with Gasteiger partial charge in [-0.25, -0.2) is 0 Å². The second-order valence-electron chi connectivity index (χ2n) is 7.27. The lowest BCUT2D eigenvalue weighted by Crippen LogP contribution is -2.41. The summed E-state index contributed by atoms with van der Waals surface area (Å²) in [6, 6.07) is 11.6. The molecule has 152 valence electrons. The van der Waals surface area contributed by atoms with Crippen LogP contribution >= 0.6 is 0 Å². The van der Waals surface area contributed by atoms with Gasteiger partial charge in [0.15, 0.2) is 11.5 Å². The molecule has 3 aromatic rings. The van der Waals surface area contributed by atoms with Crippen LogP contribution in [0.5, 0.6) is 5.75 Å². The van der Waals surface area contributed by atoms with Crippen LogP contribution in [0.1, 0.15) is 26.2 Å². The van der Waals surface area contributed by atoms with Crippen LogP contribution in [0.25, 0.3) is 17.0 Å². The molecule has 3 heterocycles. The van der Waals surface area contributed by atoms with Crippen LogP contribution in [0.15, 0.2) is 36.4 Å². The Morgan fingerprint density at radius 1 is 1.14 bits per heavy atom. The maximum atomic E-state index is 12.2. The molecule has 0 aliphatic carbocycles. The molecule has 4 rings (SSSR count). The number of ether oxygens (including phenoxy) is 1. The molecule has 1 N–H and O–H groups in total. The third-order valence-corrected chi connectivity index (χ3v) is 5.34. The van der Waals surface area contributed by atoms with Crippen molar-refractivity contribution in [1.29, 1.82) is 0 Å². The molecule has 8 heteroatoms. The Morgan fingerprint density at radius 2 is 1.90 bits per heavy atom. The highest BCUT2D eigenvalue weighted by atomic mass is 16.5. The van der Waals surface area contributed by atoms with Gasteiger partial charge >= 0.3 is 0 Å². The number of carbonyl (C=O) groups is 1. The molecule has 0 unspecified atom stereocenters. The van der Waals surface area contributed by atoms with Crippen LogP contribution in [0.3, 0.4) is 0 Å². The first-order valence-electron chi connectivity index (χ1n) is 10.1. The number of nitrogens with one attached hydrogen (secondary N) is 1. The number of piperidine rings is 1. The third-order valence-electron chi connectivity index (χ3n) is 5.34.